The second kappa shape index (κ2) is 3.55. The second-order valence-electron chi connectivity index (χ2n) is 6.42. The lowest BCUT2D eigenvalue weighted by atomic mass is 9.67. The monoisotopic (exact) mass is 230 g/mol. The van der Waals surface area contributed by atoms with E-state index in [9.17, 15) is 0 Å². The molecule has 2 unspecified atom stereocenters. The molecule has 3 rings (SSSR count). The van der Waals surface area contributed by atoms with Gasteiger partial charge in [0.2, 0.25) is 0 Å². The Morgan fingerprint density at radius 1 is 1.35 bits per heavy atom. The van der Waals surface area contributed by atoms with E-state index in [1.165, 1.54) is 30.5 Å². The number of hydrogen-bond acceptors (Lipinski definition) is 2. The lowest BCUT2D eigenvalue weighted by Crippen LogP contribution is -2.53. The average molecular weight is 230 g/mol. The molecule has 92 valence electrons. The molecule has 0 radical (unpaired) electrons. The van der Waals surface area contributed by atoms with Crippen molar-refractivity contribution in [2.24, 2.45) is 11.1 Å². The quantitative estimate of drug-likeness (QED) is 0.805. The Labute approximate surface area is 104 Å². The standard InChI is InChI=1S/C15H22N2/c1-14(2)8-4-9-15(14,16)12-7-6-11-5-3-10-17-13(11)12/h3,5,10,12H,4,6-9,16H2,1-2H3. The summed E-state index contributed by atoms with van der Waals surface area (Å²) in [5.74, 6) is 0.469. The summed E-state index contributed by atoms with van der Waals surface area (Å²) < 4.78 is 0. The molecule has 1 aromatic heterocycles. The van der Waals surface area contributed by atoms with Crippen LogP contribution in [-0.2, 0) is 6.42 Å². The number of hydrogen-bond donors (Lipinski definition) is 1. The van der Waals surface area contributed by atoms with Crippen LogP contribution in [0.3, 0.4) is 0 Å². The first-order valence-corrected chi connectivity index (χ1v) is 6.77. The van der Waals surface area contributed by atoms with E-state index in [-0.39, 0.29) is 11.0 Å². The van der Waals surface area contributed by atoms with E-state index in [0.29, 0.717) is 5.92 Å². The number of nitrogens with zero attached hydrogens (tertiary/aromatic N) is 1. The van der Waals surface area contributed by atoms with Gasteiger partial charge in [-0.05, 0) is 42.7 Å². The van der Waals surface area contributed by atoms with Crippen molar-refractivity contribution >= 4 is 0 Å². The van der Waals surface area contributed by atoms with E-state index >= 15 is 0 Å². The summed E-state index contributed by atoms with van der Waals surface area (Å²) in [5.41, 5.74) is 9.72. The van der Waals surface area contributed by atoms with E-state index in [0.717, 1.165) is 12.8 Å². The van der Waals surface area contributed by atoms with Gasteiger partial charge in [0, 0.05) is 23.3 Å². The summed E-state index contributed by atoms with van der Waals surface area (Å²) in [6, 6.07) is 4.26. The van der Waals surface area contributed by atoms with E-state index < -0.39 is 0 Å². The zero-order valence-corrected chi connectivity index (χ0v) is 10.9. The first-order valence-electron chi connectivity index (χ1n) is 6.77. The van der Waals surface area contributed by atoms with Gasteiger partial charge < -0.3 is 5.73 Å². The van der Waals surface area contributed by atoms with Gasteiger partial charge in [-0.1, -0.05) is 26.3 Å². The molecule has 2 aliphatic rings. The Kier molecular flexibility index (Phi) is 2.34. The van der Waals surface area contributed by atoms with Crippen molar-refractivity contribution in [3.05, 3.63) is 29.6 Å². The zero-order chi connectivity index (χ0) is 12.1. The van der Waals surface area contributed by atoms with Gasteiger partial charge in [-0.2, -0.15) is 0 Å². The topological polar surface area (TPSA) is 38.9 Å². The maximum absolute atomic E-state index is 6.82. The maximum Gasteiger partial charge on any atom is 0.0485 e. The van der Waals surface area contributed by atoms with Crippen molar-refractivity contribution in [2.75, 3.05) is 0 Å². The summed E-state index contributed by atoms with van der Waals surface area (Å²) in [4.78, 5) is 4.62. The van der Waals surface area contributed by atoms with E-state index in [4.69, 9.17) is 5.73 Å². The Morgan fingerprint density at radius 2 is 2.18 bits per heavy atom. The molecule has 0 saturated heterocycles. The highest BCUT2D eigenvalue weighted by atomic mass is 14.9. The number of fused-ring (bicyclic) bond motifs is 1. The SMILES string of the molecule is CC1(C)CCCC1(N)C1CCc2cccnc21. The molecule has 0 aromatic carbocycles. The highest BCUT2D eigenvalue weighted by Crippen LogP contribution is 2.54. The average Bonchev–Trinajstić information content (AvgIpc) is 2.82. The third-order valence-electron chi connectivity index (χ3n) is 5.23. The van der Waals surface area contributed by atoms with Crippen LogP contribution in [0.4, 0.5) is 0 Å². The molecule has 17 heavy (non-hydrogen) atoms. The van der Waals surface area contributed by atoms with Crippen molar-refractivity contribution in [2.45, 2.75) is 57.4 Å². The summed E-state index contributed by atoms with van der Waals surface area (Å²) >= 11 is 0. The van der Waals surface area contributed by atoms with Crippen LogP contribution in [0, 0.1) is 5.41 Å². The van der Waals surface area contributed by atoms with Crippen molar-refractivity contribution in [1.82, 2.24) is 4.98 Å². The minimum absolute atomic E-state index is 0.0490. The van der Waals surface area contributed by atoms with Crippen LogP contribution in [0.5, 0.6) is 0 Å². The van der Waals surface area contributed by atoms with Crippen LogP contribution < -0.4 is 5.73 Å². The molecule has 1 saturated carbocycles. The first-order chi connectivity index (χ1) is 8.05. The van der Waals surface area contributed by atoms with Crippen LogP contribution in [0.2, 0.25) is 0 Å². The maximum atomic E-state index is 6.82. The van der Waals surface area contributed by atoms with Gasteiger partial charge in [0.15, 0.2) is 0 Å². The smallest absolute Gasteiger partial charge is 0.0485 e. The van der Waals surface area contributed by atoms with E-state index in [2.05, 4.69) is 24.9 Å². The van der Waals surface area contributed by atoms with Gasteiger partial charge in [0.25, 0.3) is 0 Å². The predicted octanol–water partition coefficient (Wildman–Crippen LogP) is 3.02. The number of pyridine rings is 1. The van der Waals surface area contributed by atoms with Gasteiger partial charge in [-0.15, -0.1) is 0 Å². The second-order valence-corrected chi connectivity index (χ2v) is 6.42. The molecule has 2 atom stereocenters. The van der Waals surface area contributed by atoms with Crippen molar-refractivity contribution in [3.63, 3.8) is 0 Å². The van der Waals surface area contributed by atoms with Gasteiger partial charge in [-0.3, -0.25) is 4.98 Å². The molecule has 0 amide bonds. The predicted molar refractivity (Wildman–Crippen MR) is 69.8 cm³/mol. The molecule has 2 aliphatic carbocycles. The Hall–Kier alpha value is -0.890. The molecule has 1 fully saturated rings. The van der Waals surface area contributed by atoms with Gasteiger partial charge in [-0.25, -0.2) is 0 Å². The normalized spacial score (nSPS) is 34.9. The third kappa shape index (κ3) is 1.46. The Bertz CT molecular complexity index is 438. The minimum atomic E-state index is -0.0490. The largest absolute Gasteiger partial charge is 0.324 e. The van der Waals surface area contributed by atoms with Gasteiger partial charge >= 0.3 is 0 Å². The van der Waals surface area contributed by atoms with Crippen LogP contribution in [0.25, 0.3) is 0 Å². The third-order valence-corrected chi connectivity index (χ3v) is 5.23. The van der Waals surface area contributed by atoms with Crippen LogP contribution in [0.15, 0.2) is 18.3 Å². The molecule has 0 spiro atoms. The molecule has 1 aromatic rings. The van der Waals surface area contributed by atoms with Crippen LogP contribution >= 0.6 is 0 Å². The molecule has 0 aliphatic heterocycles. The molecular formula is C15H22N2. The highest BCUT2D eigenvalue weighted by Gasteiger charge is 2.52. The first kappa shape index (κ1) is 11.2. The lowest BCUT2D eigenvalue weighted by Gasteiger charge is -2.43. The molecule has 1 heterocycles. The van der Waals surface area contributed by atoms with Crippen molar-refractivity contribution in [1.29, 1.82) is 0 Å². The fourth-order valence-electron chi connectivity index (χ4n) is 3.95. The van der Waals surface area contributed by atoms with Crippen molar-refractivity contribution < 1.29 is 0 Å². The number of aromatic nitrogens is 1. The fourth-order valence-corrected chi connectivity index (χ4v) is 3.95. The lowest BCUT2D eigenvalue weighted by molar-refractivity contribution is 0.167. The zero-order valence-electron chi connectivity index (χ0n) is 10.9. The van der Waals surface area contributed by atoms with Gasteiger partial charge in [0.1, 0.15) is 0 Å². The number of nitrogens with two attached hydrogens (primary N) is 1. The molecule has 2 N–H and O–H groups in total. The molecular weight excluding hydrogens is 208 g/mol. The molecule has 0 bridgehead atoms. The summed E-state index contributed by atoms with van der Waals surface area (Å²) in [6.45, 7) is 4.67. The summed E-state index contributed by atoms with van der Waals surface area (Å²) in [5, 5.41) is 0. The van der Waals surface area contributed by atoms with Crippen molar-refractivity contribution in [3.8, 4) is 0 Å². The number of rotatable bonds is 1. The fraction of sp³-hybridized carbons (Fsp3) is 0.667. The Balaban J connectivity index is 2.02. The summed E-state index contributed by atoms with van der Waals surface area (Å²) in [6.07, 6.45) is 7.93. The number of aryl methyl sites for hydroxylation is 1. The molecule has 2 nitrogen and oxygen atoms in total. The van der Waals surface area contributed by atoms with E-state index in [1.807, 2.05) is 12.3 Å². The molecule has 2 heteroatoms. The Morgan fingerprint density at radius 3 is 2.88 bits per heavy atom. The van der Waals surface area contributed by atoms with Crippen LogP contribution in [0.1, 0.15) is 56.7 Å². The highest BCUT2D eigenvalue weighted by molar-refractivity contribution is 5.33. The summed E-state index contributed by atoms with van der Waals surface area (Å²) in [7, 11) is 0. The van der Waals surface area contributed by atoms with Crippen LogP contribution in [-0.4, -0.2) is 10.5 Å². The van der Waals surface area contributed by atoms with E-state index in [1.54, 1.807) is 0 Å². The van der Waals surface area contributed by atoms with Gasteiger partial charge in [0.05, 0.1) is 0 Å². The minimum Gasteiger partial charge on any atom is -0.324 e.